The number of methoxy groups -OCH3 is 1. The molecule has 0 radical (unpaired) electrons. The van der Waals surface area contributed by atoms with E-state index < -0.39 is 0 Å². The number of nitrogens with zero attached hydrogens (tertiary/aromatic N) is 2. The predicted octanol–water partition coefficient (Wildman–Crippen LogP) is 5.69. The molecule has 1 aliphatic carbocycles. The highest BCUT2D eigenvalue weighted by Gasteiger charge is 2.35. The normalized spacial score (nSPS) is 14.6. The molecule has 0 spiro atoms. The van der Waals surface area contributed by atoms with E-state index in [4.69, 9.17) is 14.7 Å². The summed E-state index contributed by atoms with van der Waals surface area (Å²) in [6.45, 7) is 6.31. The van der Waals surface area contributed by atoms with Crippen molar-refractivity contribution in [3.8, 4) is 5.75 Å². The Hall–Kier alpha value is -3.41. The molecule has 2 aromatic carbocycles. The van der Waals surface area contributed by atoms with Gasteiger partial charge in [-0.05, 0) is 42.0 Å². The van der Waals surface area contributed by atoms with E-state index in [2.05, 4.69) is 37.5 Å². The van der Waals surface area contributed by atoms with Gasteiger partial charge in [0.25, 0.3) is 0 Å². The van der Waals surface area contributed by atoms with Crippen LogP contribution in [0.1, 0.15) is 48.8 Å². The zero-order chi connectivity index (χ0) is 22.0. The maximum atomic E-state index is 13.1. The lowest BCUT2D eigenvalue weighted by Crippen LogP contribution is -2.29. The lowest BCUT2D eigenvalue weighted by Gasteiger charge is -2.30. The summed E-state index contributed by atoms with van der Waals surface area (Å²) < 4.78 is 5.31. The second-order valence-corrected chi connectivity index (χ2v) is 8.65. The van der Waals surface area contributed by atoms with Crippen molar-refractivity contribution >= 4 is 28.9 Å². The third-order valence-electron chi connectivity index (χ3n) is 5.53. The Morgan fingerprint density at radius 1 is 1.03 bits per heavy atom. The fourth-order valence-corrected chi connectivity index (χ4v) is 4.02. The van der Waals surface area contributed by atoms with E-state index in [1.54, 1.807) is 7.11 Å². The number of benzene rings is 2. The molecule has 3 aromatic rings. The summed E-state index contributed by atoms with van der Waals surface area (Å²) >= 11 is 0. The van der Waals surface area contributed by atoms with Gasteiger partial charge in [0, 0.05) is 23.9 Å². The Labute approximate surface area is 183 Å². The molecule has 1 aliphatic rings. The molecule has 0 amide bonds. The van der Waals surface area contributed by atoms with Crippen molar-refractivity contribution in [1.82, 2.24) is 9.97 Å². The van der Waals surface area contributed by atoms with Crippen LogP contribution in [-0.4, -0.2) is 22.9 Å². The molecule has 2 N–H and O–H groups in total. The zero-order valence-corrected chi connectivity index (χ0v) is 18.5. The third-order valence-corrected chi connectivity index (χ3v) is 5.53. The SMILES string of the molecule is CCc1ccccc1Nc1nc(Nc2cccc(OC)c2)nc2c1C(=O)CC(C)(C)C2. The molecule has 0 fully saturated rings. The van der Waals surface area contributed by atoms with Crippen LogP contribution in [0.3, 0.4) is 0 Å². The van der Waals surface area contributed by atoms with Crippen LogP contribution >= 0.6 is 0 Å². The number of aromatic nitrogens is 2. The number of carbonyl (C=O) groups is 1. The lowest BCUT2D eigenvalue weighted by atomic mass is 9.75. The van der Waals surface area contributed by atoms with Crippen LogP contribution in [0.2, 0.25) is 0 Å². The summed E-state index contributed by atoms with van der Waals surface area (Å²) in [6, 6.07) is 15.7. The minimum absolute atomic E-state index is 0.0793. The molecule has 0 atom stereocenters. The Morgan fingerprint density at radius 2 is 1.84 bits per heavy atom. The number of ketones is 1. The van der Waals surface area contributed by atoms with Gasteiger partial charge in [-0.2, -0.15) is 4.98 Å². The highest BCUT2D eigenvalue weighted by molar-refractivity contribution is 6.03. The molecular formula is C25H28N4O2. The Bertz CT molecular complexity index is 1120. The van der Waals surface area contributed by atoms with Crippen LogP contribution in [0.5, 0.6) is 5.75 Å². The number of fused-ring (bicyclic) bond motifs is 1. The number of ether oxygens (including phenoxy) is 1. The van der Waals surface area contributed by atoms with Crippen LogP contribution in [0.25, 0.3) is 0 Å². The molecule has 0 bridgehead atoms. The molecule has 6 nitrogen and oxygen atoms in total. The lowest BCUT2D eigenvalue weighted by molar-refractivity contribution is 0.0911. The highest BCUT2D eigenvalue weighted by Crippen LogP contribution is 2.38. The van der Waals surface area contributed by atoms with Gasteiger partial charge in [-0.15, -0.1) is 0 Å². The van der Waals surface area contributed by atoms with E-state index >= 15 is 0 Å². The van der Waals surface area contributed by atoms with Crippen molar-refractivity contribution in [1.29, 1.82) is 0 Å². The van der Waals surface area contributed by atoms with E-state index in [-0.39, 0.29) is 11.2 Å². The van der Waals surface area contributed by atoms with Gasteiger partial charge in [-0.1, -0.05) is 45.0 Å². The van der Waals surface area contributed by atoms with E-state index in [0.29, 0.717) is 30.2 Å². The number of anilines is 4. The zero-order valence-electron chi connectivity index (χ0n) is 18.5. The topological polar surface area (TPSA) is 76.1 Å². The third kappa shape index (κ3) is 4.53. The van der Waals surface area contributed by atoms with Crippen molar-refractivity contribution in [3.05, 3.63) is 65.4 Å². The standard InChI is InChI=1S/C25H28N4O2/c1-5-16-9-6-7-12-19(16)27-23-22-20(14-25(2,3)15-21(22)30)28-24(29-23)26-17-10-8-11-18(13-17)31-4/h6-13H,5,14-15H2,1-4H3,(H2,26,27,28,29). The number of nitrogens with one attached hydrogen (secondary N) is 2. The van der Waals surface area contributed by atoms with E-state index in [0.717, 1.165) is 29.2 Å². The number of rotatable bonds is 6. The molecule has 4 rings (SSSR count). The summed E-state index contributed by atoms with van der Waals surface area (Å²) in [4.78, 5) is 22.5. The van der Waals surface area contributed by atoms with Crippen LogP contribution < -0.4 is 15.4 Å². The molecule has 160 valence electrons. The molecule has 6 heteroatoms. The van der Waals surface area contributed by atoms with Crippen LogP contribution in [-0.2, 0) is 12.8 Å². The Kier molecular flexibility index (Phi) is 5.63. The second kappa shape index (κ2) is 8.38. The van der Waals surface area contributed by atoms with Crippen LogP contribution in [0.15, 0.2) is 48.5 Å². The smallest absolute Gasteiger partial charge is 0.229 e. The van der Waals surface area contributed by atoms with Crippen LogP contribution in [0.4, 0.5) is 23.1 Å². The summed E-state index contributed by atoms with van der Waals surface area (Å²) in [5.41, 5.74) is 4.18. The fourth-order valence-electron chi connectivity index (χ4n) is 4.02. The number of hydrogen-bond donors (Lipinski definition) is 2. The molecule has 0 saturated carbocycles. The Balaban J connectivity index is 1.78. The number of aryl methyl sites for hydroxylation is 1. The summed E-state index contributed by atoms with van der Waals surface area (Å²) in [6.07, 6.45) is 2.08. The van der Waals surface area contributed by atoms with Gasteiger partial charge in [0.2, 0.25) is 5.95 Å². The first-order valence-corrected chi connectivity index (χ1v) is 10.6. The first kappa shape index (κ1) is 20.8. The van der Waals surface area contributed by atoms with E-state index in [1.165, 1.54) is 5.56 Å². The summed E-state index contributed by atoms with van der Waals surface area (Å²) in [7, 11) is 1.63. The van der Waals surface area contributed by atoms with Gasteiger partial charge < -0.3 is 15.4 Å². The maximum Gasteiger partial charge on any atom is 0.229 e. The van der Waals surface area contributed by atoms with Gasteiger partial charge in [-0.3, -0.25) is 4.79 Å². The van der Waals surface area contributed by atoms with Crippen molar-refractivity contribution in [3.63, 3.8) is 0 Å². The highest BCUT2D eigenvalue weighted by atomic mass is 16.5. The van der Waals surface area contributed by atoms with Crippen molar-refractivity contribution in [2.45, 2.75) is 40.0 Å². The van der Waals surface area contributed by atoms with Crippen molar-refractivity contribution in [2.75, 3.05) is 17.7 Å². The second-order valence-electron chi connectivity index (χ2n) is 8.65. The van der Waals surface area contributed by atoms with Gasteiger partial charge in [-0.25, -0.2) is 4.98 Å². The molecule has 1 aromatic heterocycles. The molecule has 0 aliphatic heterocycles. The van der Waals surface area contributed by atoms with Crippen molar-refractivity contribution in [2.24, 2.45) is 5.41 Å². The average molecular weight is 417 g/mol. The van der Waals surface area contributed by atoms with Gasteiger partial charge >= 0.3 is 0 Å². The predicted molar refractivity (Wildman–Crippen MR) is 124 cm³/mol. The minimum atomic E-state index is -0.135. The van der Waals surface area contributed by atoms with Crippen molar-refractivity contribution < 1.29 is 9.53 Å². The number of hydrogen-bond acceptors (Lipinski definition) is 6. The summed E-state index contributed by atoms with van der Waals surface area (Å²) in [5, 5.41) is 6.69. The molecular weight excluding hydrogens is 388 g/mol. The van der Waals surface area contributed by atoms with Crippen LogP contribution in [0, 0.1) is 5.41 Å². The average Bonchev–Trinajstić information content (AvgIpc) is 2.73. The Morgan fingerprint density at radius 3 is 2.61 bits per heavy atom. The van der Waals surface area contributed by atoms with E-state index in [1.807, 2.05) is 42.5 Å². The first-order valence-electron chi connectivity index (χ1n) is 10.6. The fraction of sp³-hybridized carbons (Fsp3) is 0.320. The molecule has 1 heterocycles. The van der Waals surface area contributed by atoms with Gasteiger partial charge in [0.05, 0.1) is 18.4 Å². The van der Waals surface area contributed by atoms with Gasteiger partial charge in [0.15, 0.2) is 5.78 Å². The van der Waals surface area contributed by atoms with E-state index in [9.17, 15) is 4.79 Å². The molecule has 0 saturated heterocycles. The minimum Gasteiger partial charge on any atom is -0.497 e. The largest absolute Gasteiger partial charge is 0.497 e. The maximum absolute atomic E-state index is 13.1. The summed E-state index contributed by atoms with van der Waals surface area (Å²) in [5.74, 6) is 1.83. The van der Waals surface area contributed by atoms with Gasteiger partial charge in [0.1, 0.15) is 11.6 Å². The quantitative estimate of drug-likeness (QED) is 0.538. The first-order chi connectivity index (χ1) is 14.9. The number of carbonyl (C=O) groups excluding carboxylic acids is 1. The molecule has 0 unspecified atom stereocenters. The number of Topliss-reactive ketones (excluding diaryl/α,β-unsaturated/α-hetero) is 1. The molecule has 31 heavy (non-hydrogen) atoms. The number of para-hydroxylation sites is 1. The monoisotopic (exact) mass is 416 g/mol.